The second-order valence-electron chi connectivity index (χ2n) is 8.98. The first kappa shape index (κ1) is 18.1. The summed E-state index contributed by atoms with van der Waals surface area (Å²) >= 11 is 0. The van der Waals surface area contributed by atoms with E-state index in [1.165, 1.54) is 19.2 Å². The van der Waals surface area contributed by atoms with Gasteiger partial charge in [-0.1, -0.05) is 6.07 Å². The van der Waals surface area contributed by atoms with Gasteiger partial charge in [0.25, 0.3) is 6.02 Å². The first-order valence-electron chi connectivity index (χ1n) is 10.9. The van der Waals surface area contributed by atoms with E-state index in [1.807, 2.05) is 18.5 Å². The third kappa shape index (κ3) is 3.03. The third-order valence-corrected chi connectivity index (χ3v) is 6.98. The Morgan fingerprint density at radius 3 is 2.73 bits per heavy atom. The molecule has 2 saturated carbocycles. The van der Waals surface area contributed by atoms with Gasteiger partial charge in [0.1, 0.15) is 30.3 Å². The van der Waals surface area contributed by atoms with Crippen LogP contribution in [-0.2, 0) is 15.0 Å². The predicted molar refractivity (Wildman–Crippen MR) is 111 cm³/mol. The van der Waals surface area contributed by atoms with Crippen LogP contribution in [0, 0.1) is 11.8 Å². The predicted octanol–water partition coefficient (Wildman–Crippen LogP) is 3.04. The Morgan fingerprint density at radius 2 is 1.97 bits per heavy atom. The van der Waals surface area contributed by atoms with Gasteiger partial charge in [-0.2, -0.15) is 0 Å². The molecule has 1 aromatic carbocycles. The molecule has 0 bridgehead atoms. The molecular weight excluding hydrogens is 380 g/mol. The van der Waals surface area contributed by atoms with Crippen molar-refractivity contribution in [2.24, 2.45) is 22.6 Å². The summed E-state index contributed by atoms with van der Waals surface area (Å²) in [7, 11) is 0. The Hall–Kier alpha value is -2.67. The van der Waals surface area contributed by atoms with Crippen LogP contribution in [0.5, 0.6) is 5.75 Å². The summed E-state index contributed by atoms with van der Waals surface area (Å²) in [5, 5.41) is 0. The molecule has 0 amide bonds. The molecule has 7 heteroatoms. The van der Waals surface area contributed by atoms with E-state index in [0.29, 0.717) is 6.61 Å². The summed E-state index contributed by atoms with van der Waals surface area (Å²) in [4.78, 5) is 13.2. The van der Waals surface area contributed by atoms with Crippen LogP contribution < -0.4 is 10.5 Å². The molecule has 2 aliphatic carbocycles. The highest BCUT2D eigenvalue weighted by molar-refractivity contribution is 5.75. The summed E-state index contributed by atoms with van der Waals surface area (Å²) in [6.45, 7) is 1.33. The molecule has 1 spiro atoms. The fraction of sp³-hybridized carbons (Fsp3) is 0.522. The quantitative estimate of drug-likeness (QED) is 0.839. The first-order chi connectivity index (χ1) is 14.7. The van der Waals surface area contributed by atoms with E-state index in [4.69, 9.17) is 24.9 Å². The van der Waals surface area contributed by atoms with Crippen LogP contribution >= 0.6 is 0 Å². The topological polar surface area (TPSA) is 91.9 Å². The third-order valence-electron chi connectivity index (χ3n) is 6.98. The number of nitrogens with two attached hydrogens (primary N) is 1. The number of amidine groups is 1. The highest BCUT2D eigenvalue weighted by Gasteiger charge is 2.55. The number of aromatic nitrogens is 2. The summed E-state index contributed by atoms with van der Waals surface area (Å²) in [5.41, 5.74) is 8.55. The molecule has 4 atom stereocenters. The van der Waals surface area contributed by atoms with Crippen molar-refractivity contribution in [3.63, 3.8) is 0 Å². The van der Waals surface area contributed by atoms with Crippen LogP contribution in [0.1, 0.15) is 37.7 Å². The highest BCUT2D eigenvalue weighted by Crippen LogP contribution is 2.53. The maximum absolute atomic E-state index is 6.48. The second-order valence-corrected chi connectivity index (χ2v) is 8.98. The molecule has 0 unspecified atom stereocenters. The number of rotatable bonds is 4. The van der Waals surface area contributed by atoms with Crippen LogP contribution in [-0.4, -0.2) is 41.4 Å². The van der Waals surface area contributed by atoms with Gasteiger partial charge >= 0.3 is 0 Å². The van der Waals surface area contributed by atoms with E-state index in [2.05, 4.69) is 22.1 Å². The monoisotopic (exact) mass is 406 g/mol. The number of benzene rings is 1. The SMILES string of the molecule is NC1=N[C@]2(CO1)c1cc(-c3cncnc3)ccc1O[C@H]1CC[C@@H](OCC3CC3)C[C@@H]12. The smallest absolute Gasteiger partial charge is 0.283 e. The van der Waals surface area contributed by atoms with E-state index in [1.54, 1.807) is 0 Å². The average molecular weight is 406 g/mol. The molecule has 0 radical (unpaired) electrons. The average Bonchev–Trinajstić information content (AvgIpc) is 3.54. The van der Waals surface area contributed by atoms with Crippen LogP contribution in [0.25, 0.3) is 11.1 Å². The molecule has 2 fully saturated rings. The minimum atomic E-state index is -0.532. The molecule has 6 rings (SSSR count). The number of aliphatic imine (C=N–C) groups is 1. The van der Waals surface area contributed by atoms with Gasteiger partial charge in [-0.15, -0.1) is 0 Å². The van der Waals surface area contributed by atoms with Gasteiger partial charge in [0.15, 0.2) is 0 Å². The Labute approximate surface area is 175 Å². The van der Waals surface area contributed by atoms with Crippen molar-refractivity contribution in [2.45, 2.75) is 49.9 Å². The summed E-state index contributed by atoms with van der Waals surface area (Å²) in [5.74, 6) is 1.81. The van der Waals surface area contributed by atoms with Crippen LogP contribution in [0.4, 0.5) is 0 Å². The van der Waals surface area contributed by atoms with E-state index in [9.17, 15) is 0 Å². The molecule has 156 valence electrons. The first-order valence-corrected chi connectivity index (χ1v) is 10.9. The molecule has 0 saturated heterocycles. The Balaban J connectivity index is 1.38. The van der Waals surface area contributed by atoms with E-state index in [-0.39, 0.29) is 24.1 Å². The van der Waals surface area contributed by atoms with Crippen molar-refractivity contribution in [1.82, 2.24) is 9.97 Å². The Kier molecular flexibility index (Phi) is 4.19. The lowest BCUT2D eigenvalue weighted by Crippen LogP contribution is -2.52. The van der Waals surface area contributed by atoms with Crippen molar-refractivity contribution < 1.29 is 14.2 Å². The highest BCUT2D eigenvalue weighted by atomic mass is 16.5. The number of nitrogens with zero attached hydrogens (tertiary/aromatic N) is 3. The van der Waals surface area contributed by atoms with Crippen LogP contribution in [0.2, 0.25) is 0 Å². The maximum atomic E-state index is 6.48. The maximum Gasteiger partial charge on any atom is 0.283 e. The zero-order chi connectivity index (χ0) is 20.1. The number of hydrogen-bond acceptors (Lipinski definition) is 7. The minimum absolute atomic E-state index is 0.0995. The molecule has 2 aliphatic heterocycles. The van der Waals surface area contributed by atoms with Crippen LogP contribution in [0.3, 0.4) is 0 Å². The molecule has 30 heavy (non-hydrogen) atoms. The Bertz CT molecular complexity index is 978. The van der Waals surface area contributed by atoms with E-state index >= 15 is 0 Å². The van der Waals surface area contributed by atoms with Gasteiger partial charge in [0.05, 0.1) is 6.10 Å². The van der Waals surface area contributed by atoms with E-state index in [0.717, 1.165) is 54.2 Å². The lowest BCUT2D eigenvalue weighted by molar-refractivity contribution is -0.0643. The van der Waals surface area contributed by atoms with Crippen molar-refractivity contribution in [3.8, 4) is 16.9 Å². The standard InChI is InChI=1S/C23H26N4O3/c24-22-27-23(12-29-22)18-7-15(16-9-25-13-26-10-16)3-5-20(18)30-21-6-4-17(8-19(21)23)28-11-14-1-2-14/h3,5,7,9-10,13-14,17,19,21H,1-2,4,6,8,11-12H2,(H2,24,27)/t17-,19+,21+,23-/m1/s1. The van der Waals surface area contributed by atoms with Crippen molar-refractivity contribution in [3.05, 3.63) is 42.5 Å². The largest absolute Gasteiger partial charge is 0.490 e. The van der Waals surface area contributed by atoms with Gasteiger partial charge in [0, 0.05) is 36.0 Å². The van der Waals surface area contributed by atoms with Crippen molar-refractivity contribution >= 4 is 6.02 Å². The van der Waals surface area contributed by atoms with Crippen LogP contribution in [0.15, 0.2) is 41.9 Å². The number of hydrogen-bond donors (Lipinski definition) is 1. The summed E-state index contributed by atoms with van der Waals surface area (Å²) in [6.07, 6.45) is 11.0. The normalized spacial score (nSPS) is 32.0. The molecule has 7 nitrogen and oxygen atoms in total. The van der Waals surface area contributed by atoms with Gasteiger partial charge < -0.3 is 19.9 Å². The molecule has 3 heterocycles. The van der Waals surface area contributed by atoms with Crippen molar-refractivity contribution in [1.29, 1.82) is 0 Å². The molecule has 1 aromatic heterocycles. The zero-order valence-electron chi connectivity index (χ0n) is 16.9. The van der Waals surface area contributed by atoms with E-state index < -0.39 is 5.54 Å². The lowest BCUT2D eigenvalue weighted by atomic mass is 9.67. The van der Waals surface area contributed by atoms with Crippen molar-refractivity contribution in [2.75, 3.05) is 13.2 Å². The summed E-state index contributed by atoms with van der Waals surface area (Å²) in [6, 6.07) is 6.49. The molecule has 4 aliphatic rings. The molecular formula is C23H26N4O3. The fourth-order valence-electron chi connectivity index (χ4n) is 5.19. The second kappa shape index (κ2) is 6.94. The van der Waals surface area contributed by atoms with Gasteiger partial charge in [-0.25, -0.2) is 15.0 Å². The number of fused-ring (bicyclic) bond motifs is 4. The Morgan fingerprint density at radius 1 is 1.10 bits per heavy atom. The summed E-state index contributed by atoms with van der Waals surface area (Å²) < 4.78 is 18.5. The fourth-order valence-corrected chi connectivity index (χ4v) is 5.19. The number of ether oxygens (including phenoxy) is 3. The zero-order valence-corrected chi connectivity index (χ0v) is 16.9. The minimum Gasteiger partial charge on any atom is -0.490 e. The molecule has 2 aromatic rings. The van der Waals surface area contributed by atoms with Gasteiger partial charge in [0.2, 0.25) is 0 Å². The van der Waals surface area contributed by atoms with Gasteiger partial charge in [-0.05, 0) is 55.7 Å². The lowest BCUT2D eigenvalue weighted by Gasteiger charge is -2.48. The molecule has 2 N–H and O–H groups in total. The van der Waals surface area contributed by atoms with Gasteiger partial charge in [-0.3, -0.25) is 0 Å².